The minimum atomic E-state index is -0.0126. The molecule has 1 aliphatic carbocycles. The van der Waals surface area contributed by atoms with Crippen LogP contribution < -0.4 is 0 Å². The molecule has 8 heteroatoms. The molecule has 1 unspecified atom stereocenters. The molecule has 1 atom stereocenters. The van der Waals surface area contributed by atoms with Crippen molar-refractivity contribution in [3.8, 4) is 0 Å². The Morgan fingerprint density at radius 3 is 2.86 bits per heavy atom. The van der Waals surface area contributed by atoms with Gasteiger partial charge in [0.1, 0.15) is 11.4 Å². The highest BCUT2D eigenvalue weighted by molar-refractivity contribution is 5.99. The van der Waals surface area contributed by atoms with Crippen LogP contribution >= 0.6 is 0 Å². The molecule has 2 fully saturated rings. The first-order chi connectivity index (χ1) is 13.8. The van der Waals surface area contributed by atoms with E-state index in [0.29, 0.717) is 23.7 Å². The van der Waals surface area contributed by atoms with Crippen LogP contribution in [0.1, 0.15) is 78.8 Å². The monoisotopic (exact) mass is 379 g/mol. The third-order valence-electron chi connectivity index (χ3n) is 6.10. The minimum absolute atomic E-state index is 0.0126. The topological polar surface area (TPSA) is 92.1 Å². The zero-order valence-corrected chi connectivity index (χ0v) is 15.9. The molecule has 1 aliphatic heterocycles. The van der Waals surface area contributed by atoms with Gasteiger partial charge in [0.15, 0.2) is 11.5 Å². The second-order valence-electron chi connectivity index (χ2n) is 7.95. The third kappa shape index (κ3) is 3.16. The predicted molar refractivity (Wildman–Crippen MR) is 103 cm³/mol. The van der Waals surface area contributed by atoms with Crippen LogP contribution in [0.4, 0.5) is 0 Å². The minimum Gasteiger partial charge on any atom is -0.338 e. The van der Waals surface area contributed by atoms with Crippen molar-refractivity contribution in [2.45, 2.75) is 56.8 Å². The maximum absolute atomic E-state index is 13.1. The summed E-state index contributed by atoms with van der Waals surface area (Å²) in [6.45, 7) is 1.39. The molecule has 3 aromatic rings. The number of carbonyl (C=O) groups excluding carboxylic acids is 1. The number of aromatic amines is 1. The first-order valence-electron chi connectivity index (χ1n) is 10.3. The first-order valence-corrected chi connectivity index (χ1v) is 10.3. The summed E-state index contributed by atoms with van der Waals surface area (Å²) >= 11 is 0. The molecule has 28 heavy (non-hydrogen) atoms. The molecule has 2 aliphatic rings. The van der Waals surface area contributed by atoms with Crippen molar-refractivity contribution >= 4 is 11.6 Å². The molecule has 0 bridgehead atoms. The van der Waals surface area contributed by atoms with E-state index in [9.17, 15) is 4.79 Å². The summed E-state index contributed by atoms with van der Waals surface area (Å²) in [7, 11) is 0. The van der Waals surface area contributed by atoms with Crippen molar-refractivity contribution in [3.63, 3.8) is 0 Å². The van der Waals surface area contributed by atoms with Gasteiger partial charge in [-0.2, -0.15) is 10.2 Å². The maximum atomic E-state index is 13.1. The normalized spacial score (nSPS) is 21.3. The molecule has 146 valence electrons. The Morgan fingerprint density at radius 1 is 1.11 bits per heavy atom. The summed E-state index contributed by atoms with van der Waals surface area (Å²) in [5.41, 5.74) is 1.16. The number of H-pyrrole nitrogens is 1. The highest BCUT2D eigenvalue weighted by Crippen LogP contribution is 2.32. The summed E-state index contributed by atoms with van der Waals surface area (Å²) in [4.78, 5) is 24.1. The number of likely N-dealkylation sites (tertiary alicyclic amines) is 1. The molecule has 3 aromatic heterocycles. The molecule has 1 N–H and O–H groups in total. The number of rotatable bonds is 3. The van der Waals surface area contributed by atoms with Crippen molar-refractivity contribution in [2.24, 2.45) is 0 Å². The van der Waals surface area contributed by atoms with Crippen LogP contribution in [-0.4, -0.2) is 53.7 Å². The Kier molecular flexibility index (Phi) is 4.54. The van der Waals surface area contributed by atoms with E-state index in [2.05, 4.69) is 20.3 Å². The van der Waals surface area contributed by atoms with Gasteiger partial charge in [0, 0.05) is 37.3 Å². The fourth-order valence-corrected chi connectivity index (χ4v) is 4.55. The van der Waals surface area contributed by atoms with Crippen LogP contribution in [0.3, 0.4) is 0 Å². The molecule has 0 spiro atoms. The van der Waals surface area contributed by atoms with Crippen LogP contribution in [0.5, 0.6) is 0 Å². The first kappa shape index (κ1) is 17.3. The van der Waals surface area contributed by atoms with Gasteiger partial charge in [-0.05, 0) is 31.7 Å². The lowest BCUT2D eigenvalue weighted by Gasteiger charge is -2.31. The van der Waals surface area contributed by atoms with E-state index in [1.165, 1.54) is 32.1 Å². The van der Waals surface area contributed by atoms with Gasteiger partial charge in [-0.15, -0.1) is 0 Å². The molecule has 1 amide bonds. The molecule has 1 saturated carbocycles. The molecule has 8 nitrogen and oxygen atoms in total. The van der Waals surface area contributed by atoms with Gasteiger partial charge in [0.25, 0.3) is 5.91 Å². The van der Waals surface area contributed by atoms with E-state index >= 15 is 0 Å². The van der Waals surface area contributed by atoms with Crippen LogP contribution in [0.25, 0.3) is 5.65 Å². The van der Waals surface area contributed by atoms with Crippen molar-refractivity contribution in [1.29, 1.82) is 0 Å². The zero-order chi connectivity index (χ0) is 18.9. The largest absolute Gasteiger partial charge is 0.338 e. The highest BCUT2D eigenvalue weighted by atomic mass is 16.2. The smallest absolute Gasteiger partial charge is 0.259 e. The van der Waals surface area contributed by atoms with Crippen LogP contribution in [0.2, 0.25) is 0 Å². The number of hydrogen-bond donors (Lipinski definition) is 1. The van der Waals surface area contributed by atoms with Gasteiger partial charge >= 0.3 is 0 Å². The number of fused-ring (bicyclic) bond motifs is 1. The van der Waals surface area contributed by atoms with Crippen molar-refractivity contribution in [2.75, 3.05) is 13.1 Å². The lowest BCUT2D eigenvalue weighted by atomic mass is 9.89. The Morgan fingerprint density at radius 2 is 1.96 bits per heavy atom. The van der Waals surface area contributed by atoms with Crippen LogP contribution in [-0.2, 0) is 0 Å². The van der Waals surface area contributed by atoms with Gasteiger partial charge in [-0.1, -0.05) is 19.3 Å². The van der Waals surface area contributed by atoms with Crippen LogP contribution in [0.15, 0.2) is 24.7 Å². The molecule has 1 saturated heterocycles. The predicted octanol–water partition coefficient (Wildman–Crippen LogP) is 2.91. The second kappa shape index (κ2) is 7.33. The lowest BCUT2D eigenvalue weighted by molar-refractivity contribution is 0.0706. The summed E-state index contributed by atoms with van der Waals surface area (Å²) in [6, 6.07) is 1.80. The fraction of sp³-hybridized carbons (Fsp3) is 0.550. The number of amides is 1. The summed E-state index contributed by atoms with van der Waals surface area (Å²) in [5.74, 6) is 2.57. The van der Waals surface area contributed by atoms with Gasteiger partial charge in [0.05, 0.1) is 6.20 Å². The Balaban J connectivity index is 1.32. The van der Waals surface area contributed by atoms with Gasteiger partial charge in [0.2, 0.25) is 0 Å². The third-order valence-corrected chi connectivity index (χ3v) is 6.10. The average molecular weight is 379 g/mol. The van der Waals surface area contributed by atoms with E-state index in [0.717, 1.165) is 31.0 Å². The van der Waals surface area contributed by atoms with Crippen molar-refractivity contribution in [3.05, 3.63) is 41.9 Å². The average Bonchev–Trinajstić information content (AvgIpc) is 3.42. The molecule has 0 radical (unpaired) electrons. The summed E-state index contributed by atoms with van der Waals surface area (Å²) < 4.78 is 1.64. The van der Waals surface area contributed by atoms with Crippen molar-refractivity contribution < 1.29 is 4.79 Å². The van der Waals surface area contributed by atoms with Gasteiger partial charge < -0.3 is 4.90 Å². The molecule has 0 aromatic carbocycles. The number of nitrogens with zero attached hydrogens (tertiary/aromatic N) is 6. The van der Waals surface area contributed by atoms with E-state index in [1.807, 2.05) is 4.90 Å². The Bertz CT molecular complexity index is 972. The Labute approximate surface area is 163 Å². The highest BCUT2D eigenvalue weighted by Gasteiger charge is 2.30. The number of piperidine rings is 1. The number of hydrogen-bond acceptors (Lipinski definition) is 5. The van der Waals surface area contributed by atoms with Crippen LogP contribution in [0, 0.1) is 0 Å². The van der Waals surface area contributed by atoms with Gasteiger partial charge in [-0.3, -0.25) is 9.89 Å². The molecular formula is C20H25N7O. The fourth-order valence-electron chi connectivity index (χ4n) is 4.55. The molecule has 5 rings (SSSR count). The molecular weight excluding hydrogens is 354 g/mol. The van der Waals surface area contributed by atoms with Gasteiger partial charge in [-0.25, -0.2) is 14.5 Å². The second-order valence-corrected chi connectivity index (χ2v) is 7.95. The maximum Gasteiger partial charge on any atom is 0.259 e. The van der Waals surface area contributed by atoms with E-state index in [1.54, 1.807) is 29.2 Å². The van der Waals surface area contributed by atoms with Crippen molar-refractivity contribution in [1.82, 2.24) is 34.7 Å². The lowest BCUT2D eigenvalue weighted by Crippen LogP contribution is -2.39. The number of nitrogens with one attached hydrogen (secondary N) is 1. The standard InChI is InChI=1S/C20H25N7O/c28-20(16-12-22-27-11-5-9-21-19(16)27)26-10-4-8-15(13-26)18-23-17(24-25-18)14-6-2-1-3-7-14/h5,9,11-12,14-15H,1-4,6-8,10,13H2,(H,23,24,25). The number of carbonyl (C=O) groups is 1. The SMILES string of the molecule is O=C(c1cnn2cccnc12)N1CCCC(c2n[nH]c(C3CCCCC3)n2)C1. The zero-order valence-electron chi connectivity index (χ0n) is 15.9. The summed E-state index contributed by atoms with van der Waals surface area (Å²) in [5, 5.41) is 11.9. The molecule has 4 heterocycles. The number of aromatic nitrogens is 6. The quantitative estimate of drug-likeness (QED) is 0.755. The summed E-state index contributed by atoms with van der Waals surface area (Å²) in [6.07, 6.45) is 13.4. The van der Waals surface area contributed by atoms with E-state index < -0.39 is 0 Å². The Hall–Kier alpha value is -2.77. The van der Waals surface area contributed by atoms with E-state index in [-0.39, 0.29) is 11.8 Å². The van der Waals surface area contributed by atoms with E-state index in [4.69, 9.17) is 4.98 Å².